The van der Waals surface area contributed by atoms with Crippen LogP contribution >= 0.6 is 0 Å². The number of carbonyl (C=O) groups excluding carboxylic acids is 10. The minimum Gasteiger partial charge on any atom is -0.481 e. The first-order chi connectivity index (χ1) is 62.4. The van der Waals surface area contributed by atoms with Crippen LogP contribution in [0.3, 0.4) is 0 Å². The van der Waals surface area contributed by atoms with Gasteiger partial charge in [-0.05, 0) is 51.4 Å². The van der Waals surface area contributed by atoms with Crippen molar-refractivity contribution in [2.75, 3.05) is 88.9 Å². The van der Waals surface area contributed by atoms with Crippen LogP contribution in [0.15, 0.2) is 243 Å². The maximum absolute atomic E-state index is 12.3. The van der Waals surface area contributed by atoms with Crippen molar-refractivity contribution in [1.29, 1.82) is 0 Å². The van der Waals surface area contributed by atoms with E-state index in [1.807, 2.05) is 231 Å². The Morgan fingerprint density at radius 1 is 0.295 bits per heavy atom. The molecule has 0 saturated carbocycles. The number of rotatable bonds is 45. The quantitative estimate of drug-likeness (QED) is 0.00736. The van der Waals surface area contributed by atoms with E-state index in [1.54, 1.807) is 12.1 Å². The molecule has 0 radical (unpaired) electrons. The Bertz CT molecular complexity index is 4470. The Morgan fingerprint density at radius 2 is 0.538 bits per heavy atom. The van der Waals surface area contributed by atoms with Crippen molar-refractivity contribution < 1.29 is 160 Å². The van der Waals surface area contributed by atoms with Crippen LogP contribution in [0.4, 0.5) is 0 Å². The zero-order chi connectivity index (χ0) is 96.5. The van der Waals surface area contributed by atoms with Gasteiger partial charge in [0, 0.05) is 89.0 Å². The second kappa shape index (κ2) is 77.2. The molecule has 0 fully saturated rings. The minimum absolute atomic E-state index is 0. The summed E-state index contributed by atoms with van der Waals surface area (Å²) in [5, 5.41) is 50.5. The second-order valence-electron chi connectivity index (χ2n) is 28.1. The van der Waals surface area contributed by atoms with Crippen LogP contribution in [0.1, 0.15) is 90.5 Å². The van der Waals surface area contributed by atoms with Crippen molar-refractivity contribution >= 4 is 77.2 Å². The Labute approximate surface area is 784 Å². The number of nitrogens with two attached hydrogens (primary N) is 2. The van der Waals surface area contributed by atoms with Gasteiger partial charge in [0.15, 0.2) is 0 Å². The van der Waals surface area contributed by atoms with Gasteiger partial charge in [-0.1, -0.05) is 243 Å². The largest absolute Gasteiger partial charge is 0.481 e. The SMILES string of the molecule is CC(=O)OCc1ccccc1.COC[C@@H](CC(=O)OCc1ccccc1)C(=O)NCc1ccccc1.COC[C@@H](CC(=O)OCc1ccccc1)C(=O)O.COC[C@@H](CC(=O)OCc1ccccc1)C(=O)OC.COC[C@@H](CC(C)=O)C(=O)NCc1ccccc1.COC[C@@H](N)C(=O)NCc1ccccc1.N[C@H](CO)C(=O)O.O=C(C[C@H](CO)C(=O)O)OCc1ccccc1.[CH3-].[Pd]. The van der Waals surface area contributed by atoms with Gasteiger partial charge in [-0.25, -0.2) is 0 Å². The Morgan fingerprint density at radius 3 is 0.780 bits per heavy atom. The average Bonchev–Trinajstić information content (AvgIpc) is 0.910. The summed E-state index contributed by atoms with van der Waals surface area (Å²) in [6.07, 6.45) is -0.349. The second-order valence-corrected chi connectivity index (χ2v) is 28.1. The van der Waals surface area contributed by atoms with Crippen molar-refractivity contribution in [1.82, 2.24) is 16.0 Å². The van der Waals surface area contributed by atoms with E-state index in [4.69, 9.17) is 84.4 Å². The number of ether oxygens (including phenoxy) is 11. The number of aliphatic carboxylic acids is 3. The monoisotopic (exact) mass is 1930 g/mol. The number of aliphatic hydroxyl groups is 2. The molecule has 0 aromatic heterocycles. The van der Waals surface area contributed by atoms with Crippen LogP contribution in [-0.2, 0) is 188 Å². The number of ketones is 1. The zero-order valence-electron chi connectivity index (χ0n) is 75.8. The molecule has 0 bridgehead atoms. The van der Waals surface area contributed by atoms with Gasteiger partial charge in [0.05, 0.1) is 109 Å². The molecule has 0 spiro atoms. The van der Waals surface area contributed by atoms with Crippen molar-refractivity contribution in [3.05, 3.63) is 295 Å². The van der Waals surface area contributed by atoms with Gasteiger partial charge in [-0.3, -0.25) is 57.5 Å². The number of methoxy groups -OCH3 is 6. The molecule has 0 heterocycles. The number of benzene rings is 8. The molecular formula is C97H126N5O29Pd-. The van der Waals surface area contributed by atoms with Gasteiger partial charge in [-0.2, -0.15) is 0 Å². The number of carboxylic acid groups (broad SMARTS) is 3. The van der Waals surface area contributed by atoms with E-state index >= 15 is 0 Å². The molecule has 0 aliphatic rings. The van der Waals surface area contributed by atoms with Crippen molar-refractivity contribution in [3.63, 3.8) is 0 Å². The summed E-state index contributed by atoms with van der Waals surface area (Å²) >= 11 is 0. The average molecular weight is 1930 g/mol. The number of Topliss-reactive ketones (excluding diaryl/α,β-unsaturated/α-hetero) is 1. The third-order valence-electron chi connectivity index (χ3n) is 17.2. The number of carbonyl (C=O) groups is 13. The van der Waals surface area contributed by atoms with Gasteiger partial charge >= 0.3 is 53.7 Å². The van der Waals surface area contributed by atoms with Crippen LogP contribution in [0, 0.1) is 37.0 Å². The van der Waals surface area contributed by atoms with Crippen LogP contribution in [0.5, 0.6) is 0 Å². The Kier molecular flexibility index (Phi) is 71.0. The fourth-order valence-electron chi connectivity index (χ4n) is 10.3. The molecule has 8 aromatic carbocycles. The predicted molar refractivity (Wildman–Crippen MR) is 484 cm³/mol. The minimum atomic E-state index is -1.20. The summed E-state index contributed by atoms with van der Waals surface area (Å²) in [6.45, 7) is 5.01. The van der Waals surface area contributed by atoms with Gasteiger partial charge < -0.3 is 117 Å². The Hall–Kier alpha value is -12.6. The molecule has 0 unspecified atom stereocenters. The first-order valence-corrected chi connectivity index (χ1v) is 40.8. The predicted octanol–water partition coefficient (Wildman–Crippen LogP) is 8.94. The van der Waals surface area contributed by atoms with Crippen LogP contribution in [0.2, 0.25) is 0 Å². The van der Waals surface area contributed by atoms with Crippen LogP contribution < -0.4 is 27.4 Å². The van der Waals surface area contributed by atoms with Crippen molar-refractivity contribution in [3.8, 4) is 0 Å². The van der Waals surface area contributed by atoms with E-state index < -0.39 is 103 Å². The first kappa shape index (κ1) is 121. The van der Waals surface area contributed by atoms with E-state index in [9.17, 15) is 62.3 Å². The molecule has 0 saturated heterocycles. The van der Waals surface area contributed by atoms with E-state index in [0.29, 0.717) is 26.2 Å². The first-order valence-electron chi connectivity index (χ1n) is 40.8. The molecule has 8 aromatic rings. The maximum atomic E-state index is 12.3. The molecule has 34 nitrogen and oxygen atoms in total. The van der Waals surface area contributed by atoms with Gasteiger partial charge in [0.25, 0.3) is 0 Å². The number of hydrogen-bond acceptors (Lipinski definition) is 28. The number of esters is 6. The number of hydrogen-bond donors (Lipinski definition) is 10. The zero-order valence-corrected chi connectivity index (χ0v) is 77.3. The van der Waals surface area contributed by atoms with Crippen LogP contribution in [0.25, 0.3) is 0 Å². The normalized spacial score (nSPS) is 11.5. The standard InChI is InChI=1S/C20H23NO4.C14H19NO3.C14H18O5.C13H16O5.C12H14O5.C11H16N2O2.C9H10O2.C3H7NO3.CH3.Pd/c1-24-15-18(20(23)21-13-16-8-4-2-5-9-16)12-19(22)25-14-17-10-6-3-7-11-17;1-11(16)8-13(10-18-2)14(17)15-9-12-6-4-3-5-7-12;1-17-10-12(14(16)18-2)8-13(15)19-9-11-6-4-3-5-7-11;1-17-9-11(13(15)16)7-12(14)18-8-10-5-3-2-4-6-10;13-7-10(12(15)16)6-11(14)17-8-9-4-2-1-3-5-9;1-15-8-10(12)11(14)13-7-9-5-3-2-4-6-9;1-8(10)11-7-9-5-3-2-4-6-9;4-2(1-5)3(6)7;;/h2-11,18H,12-15H2,1H3,(H,21,23);3-7,13H,8-10H2,1-2H3,(H,15,17);3-7,12H,8-10H2,1-2H3;2-6,11H,7-9H2,1H3,(H,15,16);1-5,10,13H,6-8H2,(H,15,16);2-6,10H,7-8,12H2,1H3,(H,13,14);2-6H,7H2,1H3;2,5H,1,4H2,(H,6,7);1H3;/q;;;;;;;;-1;/t18-;13-;12-;11-;2*10-;;2-;;/m111111.1../s1. The topological polar surface area (TPSA) is 513 Å². The van der Waals surface area contributed by atoms with Gasteiger partial charge in [0.1, 0.15) is 50.9 Å². The smallest absolute Gasteiger partial charge is 0.322 e. The summed E-state index contributed by atoms with van der Waals surface area (Å²) in [5.74, 6) is -10.3. The molecule has 0 aliphatic carbocycles. The number of nitrogens with one attached hydrogen (secondary N) is 3. The molecular weight excluding hydrogens is 1810 g/mol. The fourth-order valence-corrected chi connectivity index (χ4v) is 10.3. The Balaban J connectivity index is 0. The van der Waals surface area contributed by atoms with E-state index in [1.165, 1.54) is 56.5 Å². The summed E-state index contributed by atoms with van der Waals surface area (Å²) < 4.78 is 54.1. The molecule has 7 atom stereocenters. The number of amides is 3. The summed E-state index contributed by atoms with van der Waals surface area (Å²) in [5.41, 5.74) is 17.9. The van der Waals surface area contributed by atoms with E-state index in [0.717, 1.165) is 44.5 Å². The molecule has 8 rings (SSSR count). The molecule has 12 N–H and O–H groups in total. The van der Waals surface area contributed by atoms with Crippen molar-refractivity contribution in [2.24, 2.45) is 41.1 Å². The van der Waals surface area contributed by atoms with E-state index in [2.05, 4.69) is 20.7 Å². The summed E-state index contributed by atoms with van der Waals surface area (Å²) in [7, 11) is 8.69. The van der Waals surface area contributed by atoms with Gasteiger partial charge in [0.2, 0.25) is 17.7 Å². The maximum Gasteiger partial charge on any atom is 0.322 e. The number of carboxylic acids is 3. The van der Waals surface area contributed by atoms with Gasteiger partial charge in [-0.15, -0.1) is 0 Å². The molecule has 35 heteroatoms. The molecule has 3 amide bonds. The summed E-state index contributed by atoms with van der Waals surface area (Å²) in [4.78, 5) is 146. The fraction of sp³-hybridized carbons (Fsp3) is 0.361. The third-order valence-corrected chi connectivity index (χ3v) is 17.2. The number of aliphatic hydroxyl groups excluding tert-OH is 2. The molecule has 724 valence electrons. The summed E-state index contributed by atoms with van der Waals surface area (Å²) in [6, 6.07) is 73.9. The van der Waals surface area contributed by atoms with Crippen LogP contribution in [-0.4, -0.2) is 204 Å². The van der Waals surface area contributed by atoms with E-state index in [-0.39, 0.29) is 149 Å². The molecule has 132 heavy (non-hydrogen) atoms. The molecule has 0 aliphatic heterocycles. The third kappa shape index (κ3) is 61.8. The van der Waals surface area contributed by atoms with Crippen molar-refractivity contribution in [2.45, 2.75) is 111 Å².